The first kappa shape index (κ1) is 17.5. The second-order valence-electron chi connectivity index (χ2n) is 4.20. The molecule has 2 aromatic heterocycles. The summed E-state index contributed by atoms with van der Waals surface area (Å²) in [5, 5.41) is 3.93. The summed E-state index contributed by atoms with van der Waals surface area (Å²) in [5.41, 5.74) is 6.20. The Hall–Kier alpha value is -1.51. The summed E-state index contributed by atoms with van der Waals surface area (Å²) in [7, 11) is 0. The minimum atomic E-state index is -0.396. The van der Waals surface area contributed by atoms with Crippen molar-refractivity contribution in [3.8, 4) is 5.82 Å². The molecule has 0 unspecified atom stereocenters. The fourth-order valence-electron chi connectivity index (χ4n) is 1.59. The van der Waals surface area contributed by atoms with E-state index in [1.54, 1.807) is 12.3 Å². The molecule has 2 heterocycles. The van der Waals surface area contributed by atoms with Gasteiger partial charge in [-0.2, -0.15) is 5.10 Å². The highest BCUT2D eigenvalue weighted by molar-refractivity contribution is 9.10. The van der Waals surface area contributed by atoms with Gasteiger partial charge in [0.25, 0.3) is 0 Å². The number of hydrogen-bond acceptors (Lipinski definition) is 4. The van der Waals surface area contributed by atoms with Crippen molar-refractivity contribution < 1.29 is 4.39 Å². The molecule has 2 N–H and O–H groups in total. The number of hydrogen-bond donors (Lipinski definition) is 1. The van der Waals surface area contributed by atoms with Gasteiger partial charge >= 0.3 is 5.69 Å². The van der Waals surface area contributed by atoms with Crippen molar-refractivity contribution in [1.82, 2.24) is 19.3 Å². The predicted molar refractivity (Wildman–Crippen MR) is 83.5 cm³/mol. The first-order valence-electron chi connectivity index (χ1n) is 5.82. The van der Waals surface area contributed by atoms with E-state index in [-0.39, 0.29) is 31.1 Å². The van der Waals surface area contributed by atoms with Crippen LogP contribution in [0.3, 0.4) is 0 Å². The Kier molecular flexibility index (Phi) is 6.25. The van der Waals surface area contributed by atoms with Crippen LogP contribution in [0.15, 0.2) is 39.8 Å². The van der Waals surface area contributed by atoms with Gasteiger partial charge in [0.1, 0.15) is 12.1 Å². The molecule has 2 aromatic rings. The molecule has 0 amide bonds. The van der Waals surface area contributed by atoms with Crippen LogP contribution in [-0.2, 0) is 6.54 Å². The van der Waals surface area contributed by atoms with Crippen LogP contribution in [-0.4, -0.2) is 25.9 Å². The van der Waals surface area contributed by atoms with E-state index in [1.807, 2.05) is 6.92 Å². The van der Waals surface area contributed by atoms with Gasteiger partial charge in [-0.3, -0.25) is 0 Å². The lowest BCUT2D eigenvalue weighted by molar-refractivity contribution is 0.612. The Morgan fingerprint density at radius 2 is 2.29 bits per heavy atom. The van der Waals surface area contributed by atoms with Gasteiger partial charge in [0.2, 0.25) is 0 Å². The number of nitrogens with zero attached hydrogens (tertiary/aromatic N) is 4. The van der Waals surface area contributed by atoms with Gasteiger partial charge < -0.3 is 5.73 Å². The standard InChI is InChI=1S/C12H13BrFN5O.ClH/c1-8-2-11(16-5-10(8)13)18-7-17-19(12(18)20)6-9(3-14)4-15;/h2-3,5,7H,4,6,15H2,1H3;1H/b9-3+;. The summed E-state index contributed by atoms with van der Waals surface area (Å²) in [6.45, 7) is 1.95. The molecule has 0 spiro atoms. The van der Waals surface area contributed by atoms with Crippen LogP contribution in [0.25, 0.3) is 5.82 Å². The summed E-state index contributed by atoms with van der Waals surface area (Å²) in [6.07, 6.45) is 3.36. The van der Waals surface area contributed by atoms with Gasteiger partial charge in [-0.25, -0.2) is 23.4 Å². The quantitative estimate of drug-likeness (QED) is 0.879. The molecular weight excluding hydrogens is 365 g/mol. The average molecular weight is 379 g/mol. The first-order chi connectivity index (χ1) is 9.56. The van der Waals surface area contributed by atoms with Crippen molar-refractivity contribution in [2.45, 2.75) is 13.5 Å². The largest absolute Gasteiger partial charge is 0.351 e. The molecule has 2 rings (SSSR count). The Balaban J connectivity index is 0.00000220. The number of halogens is 3. The van der Waals surface area contributed by atoms with E-state index in [0.29, 0.717) is 12.1 Å². The lowest BCUT2D eigenvalue weighted by Crippen LogP contribution is -2.26. The second kappa shape index (κ2) is 7.48. The number of rotatable bonds is 4. The lowest BCUT2D eigenvalue weighted by Gasteiger charge is -2.03. The Morgan fingerprint density at radius 3 is 2.86 bits per heavy atom. The zero-order valence-electron chi connectivity index (χ0n) is 11.2. The smallest absolute Gasteiger partial charge is 0.327 e. The van der Waals surface area contributed by atoms with E-state index in [4.69, 9.17) is 5.73 Å². The third-order valence-electron chi connectivity index (χ3n) is 2.78. The van der Waals surface area contributed by atoms with Gasteiger partial charge in [-0.15, -0.1) is 12.4 Å². The van der Waals surface area contributed by atoms with Crippen LogP contribution in [0.1, 0.15) is 5.56 Å². The van der Waals surface area contributed by atoms with E-state index < -0.39 is 5.69 Å². The summed E-state index contributed by atoms with van der Waals surface area (Å²) in [4.78, 5) is 16.3. The molecule has 0 fully saturated rings. The van der Waals surface area contributed by atoms with E-state index in [1.165, 1.54) is 10.9 Å². The summed E-state index contributed by atoms with van der Waals surface area (Å²) in [6, 6.07) is 1.76. The SMILES string of the molecule is Cc1cc(-n2cnn(C/C(=C/F)CN)c2=O)ncc1Br.Cl. The van der Waals surface area contributed by atoms with Crippen molar-refractivity contribution in [1.29, 1.82) is 0 Å². The minimum Gasteiger partial charge on any atom is -0.327 e. The van der Waals surface area contributed by atoms with Gasteiger partial charge in [-0.1, -0.05) is 0 Å². The van der Waals surface area contributed by atoms with E-state index in [2.05, 4.69) is 26.0 Å². The van der Waals surface area contributed by atoms with Crippen molar-refractivity contribution in [3.63, 3.8) is 0 Å². The molecule has 21 heavy (non-hydrogen) atoms. The number of nitrogens with two attached hydrogens (primary N) is 1. The van der Waals surface area contributed by atoms with Crippen LogP contribution in [0.4, 0.5) is 4.39 Å². The maximum Gasteiger partial charge on any atom is 0.351 e. The maximum absolute atomic E-state index is 12.5. The van der Waals surface area contributed by atoms with E-state index in [0.717, 1.165) is 14.7 Å². The van der Waals surface area contributed by atoms with Crippen LogP contribution < -0.4 is 11.4 Å². The minimum absolute atomic E-state index is 0. The molecule has 0 aliphatic heterocycles. The zero-order valence-corrected chi connectivity index (χ0v) is 13.6. The third kappa shape index (κ3) is 3.78. The second-order valence-corrected chi connectivity index (χ2v) is 5.06. The molecule has 0 radical (unpaired) electrons. The molecular formula is C12H14BrClFN5O. The van der Waals surface area contributed by atoms with Gasteiger partial charge in [0.05, 0.1) is 12.9 Å². The third-order valence-corrected chi connectivity index (χ3v) is 3.61. The topological polar surface area (TPSA) is 78.7 Å². The van der Waals surface area contributed by atoms with Gasteiger partial charge in [-0.05, 0) is 40.1 Å². The van der Waals surface area contributed by atoms with Crippen LogP contribution in [0, 0.1) is 6.92 Å². The van der Waals surface area contributed by atoms with E-state index in [9.17, 15) is 9.18 Å². The van der Waals surface area contributed by atoms with Crippen molar-refractivity contribution in [2.24, 2.45) is 5.73 Å². The van der Waals surface area contributed by atoms with Crippen LogP contribution in [0.5, 0.6) is 0 Å². The Bertz CT molecular complexity index is 712. The fourth-order valence-corrected chi connectivity index (χ4v) is 1.81. The lowest BCUT2D eigenvalue weighted by atomic mass is 10.3. The molecule has 9 heteroatoms. The van der Waals surface area contributed by atoms with Crippen LogP contribution >= 0.6 is 28.3 Å². The number of pyridine rings is 1. The highest BCUT2D eigenvalue weighted by Gasteiger charge is 2.10. The molecule has 0 aromatic carbocycles. The Labute approximate surface area is 135 Å². The number of aromatic nitrogens is 4. The molecule has 0 bridgehead atoms. The highest BCUT2D eigenvalue weighted by Crippen LogP contribution is 2.15. The van der Waals surface area contributed by atoms with Gasteiger partial charge in [0.15, 0.2) is 0 Å². The molecule has 0 saturated heterocycles. The number of aryl methyl sites for hydroxylation is 1. The normalized spacial score (nSPS) is 11.3. The van der Waals surface area contributed by atoms with Crippen molar-refractivity contribution >= 4 is 28.3 Å². The molecule has 0 aliphatic rings. The molecule has 6 nitrogen and oxygen atoms in total. The maximum atomic E-state index is 12.5. The summed E-state index contributed by atoms with van der Waals surface area (Å²) < 4.78 is 15.8. The van der Waals surface area contributed by atoms with Crippen molar-refractivity contribution in [2.75, 3.05) is 6.54 Å². The average Bonchev–Trinajstić information content (AvgIpc) is 2.80. The highest BCUT2D eigenvalue weighted by atomic mass is 79.9. The monoisotopic (exact) mass is 377 g/mol. The molecule has 0 saturated carbocycles. The summed E-state index contributed by atoms with van der Waals surface area (Å²) in [5.74, 6) is 0.459. The fraction of sp³-hybridized carbons (Fsp3) is 0.250. The molecule has 0 atom stereocenters. The van der Waals surface area contributed by atoms with Crippen LogP contribution in [0.2, 0.25) is 0 Å². The van der Waals surface area contributed by atoms with Crippen molar-refractivity contribution in [3.05, 3.63) is 51.0 Å². The zero-order chi connectivity index (χ0) is 14.7. The summed E-state index contributed by atoms with van der Waals surface area (Å²) >= 11 is 3.34. The van der Waals surface area contributed by atoms with E-state index >= 15 is 0 Å². The first-order valence-corrected chi connectivity index (χ1v) is 6.61. The predicted octanol–water partition coefficient (Wildman–Crippen LogP) is 1.73. The molecule has 0 aliphatic carbocycles. The molecule has 114 valence electrons. The Morgan fingerprint density at radius 1 is 1.57 bits per heavy atom. The van der Waals surface area contributed by atoms with Gasteiger partial charge in [0, 0.05) is 17.2 Å².